The number of rotatable bonds is 4. The van der Waals surface area contributed by atoms with Crippen molar-refractivity contribution in [3.63, 3.8) is 0 Å². The van der Waals surface area contributed by atoms with Crippen LogP contribution in [0.2, 0.25) is 0 Å². The van der Waals surface area contributed by atoms with Crippen LogP contribution in [0.15, 0.2) is 53.7 Å². The highest BCUT2D eigenvalue weighted by molar-refractivity contribution is 7.89. The van der Waals surface area contributed by atoms with Gasteiger partial charge in [-0.15, -0.1) is 0 Å². The molecular formula is C13H13FN2O2S. The minimum atomic E-state index is -3.88. The topological polar surface area (TPSA) is 59.1 Å². The highest BCUT2D eigenvalue weighted by Crippen LogP contribution is 2.18. The Labute approximate surface area is 111 Å². The SMILES string of the molecule is CC(NS(=O)(=O)c1ccccc1F)c1ccncc1. The average molecular weight is 280 g/mol. The Bertz CT molecular complexity index is 659. The molecule has 1 N–H and O–H groups in total. The number of sulfonamides is 1. The molecule has 1 heterocycles. The molecule has 19 heavy (non-hydrogen) atoms. The van der Waals surface area contributed by atoms with Crippen molar-refractivity contribution in [2.24, 2.45) is 0 Å². The molecule has 4 nitrogen and oxygen atoms in total. The summed E-state index contributed by atoms with van der Waals surface area (Å²) in [6.45, 7) is 1.69. The first-order valence-corrected chi connectivity index (χ1v) is 7.16. The first-order chi connectivity index (χ1) is 9.00. The fourth-order valence-corrected chi connectivity index (χ4v) is 2.99. The number of pyridine rings is 1. The van der Waals surface area contributed by atoms with Gasteiger partial charge < -0.3 is 0 Å². The van der Waals surface area contributed by atoms with E-state index in [9.17, 15) is 12.8 Å². The number of hydrogen-bond donors (Lipinski definition) is 1. The molecular weight excluding hydrogens is 267 g/mol. The van der Waals surface area contributed by atoms with E-state index >= 15 is 0 Å². The van der Waals surface area contributed by atoms with E-state index in [0.29, 0.717) is 0 Å². The molecule has 0 aliphatic heterocycles. The number of nitrogens with one attached hydrogen (secondary N) is 1. The van der Waals surface area contributed by atoms with E-state index in [1.807, 2.05) is 0 Å². The van der Waals surface area contributed by atoms with Gasteiger partial charge in [0.15, 0.2) is 0 Å². The Morgan fingerprint density at radius 1 is 1.16 bits per heavy atom. The van der Waals surface area contributed by atoms with E-state index in [1.165, 1.54) is 18.2 Å². The summed E-state index contributed by atoms with van der Waals surface area (Å²) in [5, 5.41) is 0. The standard InChI is InChI=1S/C13H13FN2O2S/c1-10(11-6-8-15-9-7-11)16-19(17,18)13-5-3-2-4-12(13)14/h2-10,16H,1H3. The molecule has 1 aromatic heterocycles. The van der Waals surface area contributed by atoms with E-state index in [2.05, 4.69) is 9.71 Å². The van der Waals surface area contributed by atoms with Crippen LogP contribution in [-0.2, 0) is 10.0 Å². The van der Waals surface area contributed by atoms with Crippen LogP contribution < -0.4 is 4.72 Å². The molecule has 0 aliphatic rings. The summed E-state index contributed by atoms with van der Waals surface area (Å²) >= 11 is 0. The largest absolute Gasteiger partial charge is 0.265 e. The molecule has 0 saturated carbocycles. The molecule has 2 rings (SSSR count). The van der Waals surface area contributed by atoms with E-state index < -0.39 is 21.9 Å². The number of aromatic nitrogens is 1. The monoisotopic (exact) mass is 280 g/mol. The molecule has 2 aromatic rings. The summed E-state index contributed by atoms with van der Waals surface area (Å²) in [7, 11) is -3.88. The molecule has 6 heteroatoms. The number of halogens is 1. The van der Waals surface area contributed by atoms with E-state index in [0.717, 1.165) is 11.6 Å². The lowest BCUT2D eigenvalue weighted by molar-refractivity contribution is 0.547. The van der Waals surface area contributed by atoms with E-state index in [-0.39, 0.29) is 4.90 Å². The summed E-state index contributed by atoms with van der Waals surface area (Å²) in [5.41, 5.74) is 0.759. The van der Waals surface area contributed by atoms with E-state index in [1.54, 1.807) is 31.5 Å². The predicted octanol–water partition coefficient (Wildman–Crippen LogP) is 2.26. The minimum absolute atomic E-state index is 0.351. The number of hydrogen-bond acceptors (Lipinski definition) is 3. The number of nitrogens with zero attached hydrogens (tertiary/aromatic N) is 1. The van der Waals surface area contributed by atoms with Crippen LogP contribution in [-0.4, -0.2) is 13.4 Å². The molecule has 0 fully saturated rings. The maximum Gasteiger partial charge on any atom is 0.244 e. The van der Waals surface area contributed by atoms with Gasteiger partial charge in [0.05, 0.1) is 0 Å². The Hall–Kier alpha value is -1.79. The zero-order valence-corrected chi connectivity index (χ0v) is 11.1. The fourth-order valence-electron chi connectivity index (χ4n) is 1.68. The Morgan fingerprint density at radius 2 is 1.79 bits per heavy atom. The molecule has 0 amide bonds. The van der Waals surface area contributed by atoms with Crippen molar-refractivity contribution < 1.29 is 12.8 Å². The molecule has 1 atom stereocenters. The van der Waals surface area contributed by atoms with Crippen molar-refractivity contribution in [2.45, 2.75) is 17.9 Å². The van der Waals surface area contributed by atoms with Gasteiger partial charge in [-0.2, -0.15) is 0 Å². The van der Waals surface area contributed by atoms with Gasteiger partial charge >= 0.3 is 0 Å². The van der Waals surface area contributed by atoms with Crippen LogP contribution in [0.4, 0.5) is 4.39 Å². The summed E-state index contributed by atoms with van der Waals surface area (Å²) in [5.74, 6) is -0.767. The summed E-state index contributed by atoms with van der Waals surface area (Å²) in [6, 6.07) is 8.22. The second kappa shape index (κ2) is 5.46. The van der Waals surface area contributed by atoms with Crippen LogP contribution in [0.25, 0.3) is 0 Å². The quantitative estimate of drug-likeness (QED) is 0.934. The van der Waals surface area contributed by atoms with E-state index in [4.69, 9.17) is 0 Å². The fraction of sp³-hybridized carbons (Fsp3) is 0.154. The highest BCUT2D eigenvalue weighted by Gasteiger charge is 2.21. The summed E-state index contributed by atoms with van der Waals surface area (Å²) in [6.07, 6.45) is 3.15. The molecule has 1 aromatic carbocycles. The lowest BCUT2D eigenvalue weighted by atomic mass is 10.1. The van der Waals surface area contributed by atoms with Crippen molar-refractivity contribution >= 4 is 10.0 Å². The molecule has 0 aliphatic carbocycles. The van der Waals surface area contributed by atoms with Gasteiger partial charge in [-0.3, -0.25) is 4.98 Å². The first-order valence-electron chi connectivity index (χ1n) is 5.67. The van der Waals surface area contributed by atoms with Gasteiger partial charge in [-0.1, -0.05) is 12.1 Å². The van der Waals surface area contributed by atoms with Crippen molar-refractivity contribution in [3.8, 4) is 0 Å². The smallest absolute Gasteiger partial charge is 0.244 e. The van der Waals surface area contributed by atoms with Crippen molar-refractivity contribution in [2.75, 3.05) is 0 Å². The minimum Gasteiger partial charge on any atom is -0.265 e. The Balaban J connectivity index is 2.26. The van der Waals surface area contributed by atoms with Crippen LogP contribution in [0.5, 0.6) is 0 Å². The normalized spacial score (nSPS) is 13.2. The summed E-state index contributed by atoms with van der Waals surface area (Å²) < 4.78 is 40.1. The van der Waals surface area contributed by atoms with Gasteiger partial charge in [-0.25, -0.2) is 17.5 Å². The van der Waals surface area contributed by atoms with Gasteiger partial charge in [-0.05, 0) is 36.8 Å². The van der Waals surface area contributed by atoms with Gasteiger partial charge in [0.1, 0.15) is 10.7 Å². The second-order valence-corrected chi connectivity index (χ2v) is 5.74. The molecule has 0 radical (unpaired) electrons. The third-order valence-electron chi connectivity index (χ3n) is 2.66. The van der Waals surface area contributed by atoms with Crippen LogP contribution >= 0.6 is 0 Å². The van der Waals surface area contributed by atoms with Gasteiger partial charge in [0, 0.05) is 18.4 Å². The molecule has 100 valence electrons. The predicted molar refractivity (Wildman–Crippen MR) is 69.4 cm³/mol. The lowest BCUT2D eigenvalue weighted by Gasteiger charge is -2.14. The Kier molecular flexibility index (Phi) is 3.92. The van der Waals surface area contributed by atoms with Crippen LogP contribution in [0.1, 0.15) is 18.5 Å². The first kappa shape index (κ1) is 13.6. The summed E-state index contributed by atoms with van der Waals surface area (Å²) in [4.78, 5) is 3.51. The molecule has 1 unspecified atom stereocenters. The molecule has 0 bridgehead atoms. The highest BCUT2D eigenvalue weighted by atomic mass is 32.2. The second-order valence-electron chi connectivity index (χ2n) is 4.05. The van der Waals surface area contributed by atoms with Crippen molar-refractivity contribution in [3.05, 3.63) is 60.2 Å². The Morgan fingerprint density at radius 3 is 2.42 bits per heavy atom. The maximum atomic E-state index is 13.5. The lowest BCUT2D eigenvalue weighted by Crippen LogP contribution is -2.27. The number of benzene rings is 1. The van der Waals surface area contributed by atoms with Crippen molar-refractivity contribution in [1.29, 1.82) is 0 Å². The zero-order valence-electron chi connectivity index (χ0n) is 10.2. The molecule has 0 spiro atoms. The maximum absolute atomic E-state index is 13.5. The van der Waals surface area contributed by atoms with Gasteiger partial charge in [0.2, 0.25) is 10.0 Å². The average Bonchev–Trinajstić information content (AvgIpc) is 2.39. The third-order valence-corrected chi connectivity index (χ3v) is 4.24. The van der Waals surface area contributed by atoms with Crippen molar-refractivity contribution in [1.82, 2.24) is 9.71 Å². The third kappa shape index (κ3) is 3.15. The van der Waals surface area contributed by atoms with Crippen LogP contribution in [0, 0.1) is 5.82 Å². The zero-order chi connectivity index (χ0) is 13.9. The molecule has 0 saturated heterocycles. The van der Waals surface area contributed by atoms with Gasteiger partial charge in [0.25, 0.3) is 0 Å². The van der Waals surface area contributed by atoms with Crippen LogP contribution in [0.3, 0.4) is 0 Å².